The zero-order valence-electron chi connectivity index (χ0n) is 22.5. The third-order valence-electron chi connectivity index (χ3n) is 6.46. The summed E-state index contributed by atoms with van der Waals surface area (Å²) in [6, 6.07) is 32.5. The van der Waals surface area contributed by atoms with Gasteiger partial charge < -0.3 is 10.1 Å². The number of rotatable bonds is 10. The summed E-state index contributed by atoms with van der Waals surface area (Å²) in [4.78, 5) is 13.1. The number of nitrogens with one attached hydrogen (secondary N) is 2. The van der Waals surface area contributed by atoms with E-state index >= 15 is 0 Å². The summed E-state index contributed by atoms with van der Waals surface area (Å²) in [7, 11) is -6.51. The Hall–Kier alpha value is -4.87. The summed E-state index contributed by atoms with van der Waals surface area (Å²) in [6.45, 7) is -0.522. The van der Waals surface area contributed by atoms with Crippen LogP contribution in [0.15, 0.2) is 131 Å². The van der Waals surface area contributed by atoms with E-state index in [1.54, 1.807) is 54.6 Å². The molecule has 0 fully saturated rings. The first-order valence-electron chi connectivity index (χ1n) is 12.8. The van der Waals surface area contributed by atoms with Crippen LogP contribution >= 0.6 is 0 Å². The lowest BCUT2D eigenvalue weighted by Gasteiger charge is -2.24. The Balaban J connectivity index is 1.34. The van der Waals surface area contributed by atoms with Gasteiger partial charge >= 0.3 is 0 Å². The SMILES string of the molecule is COc1ccc(N(CC(=O)Nc2ccc(S(=O)(=O)Nc3cccc4ccccc34)cc2)S(=O)(=O)c2ccccc2)cc1. The molecule has 9 nitrogen and oxygen atoms in total. The maximum atomic E-state index is 13.5. The monoisotopic (exact) mass is 601 g/mol. The number of carbonyl (C=O) groups is 1. The maximum absolute atomic E-state index is 13.5. The summed E-state index contributed by atoms with van der Waals surface area (Å²) >= 11 is 0. The summed E-state index contributed by atoms with van der Waals surface area (Å²) in [5.41, 5.74) is 1.02. The van der Waals surface area contributed by atoms with Crippen LogP contribution < -0.4 is 19.1 Å². The number of amides is 1. The minimum atomic E-state index is -4.09. The van der Waals surface area contributed by atoms with E-state index in [4.69, 9.17) is 4.74 Å². The molecule has 11 heteroatoms. The average Bonchev–Trinajstić information content (AvgIpc) is 3.01. The van der Waals surface area contributed by atoms with Crippen molar-refractivity contribution in [2.75, 3.05) is 28.0 Å². The molecule has 5 aromatic rings. The van der Waals surface area contributed by atoms with E-state index < -0.39 is 32.5 Å². The molecule has 0 aliphatic heterocycles. The summed E-state index contributed by atoms with van der Waals surface area (Å²) in [5.74, 6) is -0.0833. The smallest absolute Gasteiger partial charge is 0.264 e. The van der Waals surface area contributed by atoms with Gasteiger partial charge in [0.15, 0.2) is 0 Å². The number of carbonyl (C=O) groups excluding carboxylic acids is 1. The molecule has 214 valence electrons. The second-order valence-corrected chi connectivity index (χ2v) is 12.8. The van der Waals surface area contributed by atoms with E-state index in [0.717, 1.165) is 15.1 Å². The van der Waals surface area contributed by atoms with Gasteiger partial charge in [-0.3, -0.25) is 13.8 Å². The van der Waals surface area contributed by atoms with Gasteiger partial charge in [-0.25, -0.2) is 16.8 Å². The number of benzene rings is 5. The second-order valence-electron chi connectivity index (χ2n) is 9.23. The molecule has 0 unspecified atom stereocenters. The van der Waals surface area contributed by atoms with Gasteiger partial charge in [-0.05, 0) is 72.1 Å². The molecule has 5 rings (SSSR count). The first kappa shape index (κ1) is 28.7. The largest absolute Gasteiger partial charge is 0.497 e. The normalized spacial score (nSPS) is 11.5. The molecular formula is C31H27N3O6S2. The summed E-state index contributed by atoms with van der Waals surface area (Å²) in [6.07, 6.45) is 0. The Morgan fingerprint density at radius 2 is 1.36 bits per heavy atom. The fourth-order valence-corrected chi connectivity index (χ4v) is 6.87. The van der Waals surface area contributed by atoms with Crippen molar-refractivity contribution in [3.05, 3.63) is 121 Å². The Morgan fingerprint density at radius 1 is 0.714 bits per heavy atom. The van der Waals surface area contributed by atoms with Crippen molar-refractivity contribution < 1.29 is 26.4 Å². The van der Waals surface area contributed by atoms with Gasteiger partial charge in [-0.1, -0.05) is 54.6 Å². The van der Waals surface area contributed by atoms with E-state index in [2.05, 4.69) is 10.0 Å². The van der Waals surface area contributed by atoms with E-state index in [-0.39, 0.29) is 15.5 Å². The highest BCUT2D eigenvalue weighted by molar-refractivity contribution is 7.93. The molecule has 0 heterocycles. The molecule has 2 N–H and O–H groups in total. The molecule has 5 aromatic carbocycles. The molecule has 42 heavy (non-hydrogen) atoms. The molecule has 0 saturated carbocycles. The standard InChI is InChI=1S/C31H27N3O6S2/c1-40-26-18-16-25(17-19-26)34(42(38,39)28-10-3-2-4-11-28)22-31(35)32-24-14-20-27(21-15-24)41(36,37)33-30-13-7-9-23-8-5-6-12-29(23)30/h2-21,33H,22H2,1H3,(H,32,35). The third-order valence-corrected chi connectivity index (χ3v) is 9.63. The molecule has 0 saturated heterocycles. The maximum Gasteiger partial charge on any atom is 0.264 e. The highest BCUT2D eigenvalue weighted by atomic mass is 32.2. The molecule has 0 spiro atoms. The summed E-state index contributed by atoms with van der Waals surface area (Å²) < 4.78 is 62.0. The van der Waals surface area contributed by atoms with Crippen molar-refractivity contribution in [1.29, 1.82) is 0 Å². The first-order valence-corrected chi connectivity index (χ1v) is 15.7. The van der Waals surface area contributed by atoms with Gasteiger partial charge in [-0.15, -0.1) is 0 Å². The molecule has 0 radical (unpaired) electrons. The van der Waals surface area contributed by atoms with Gasteiger partial charge in [0.05, 0.1) is 28.3 Å². The van der Waals surface area contributed by atoms with Crippen LogP contribution in [0.5, 0.6) is 5.75 Å². The predicted molar refractivity (Wildman–Crippen MR) is 164 cm³/mol. The van der Waals surface area contributed by atoms with E-state index in [9.17, 15) is 21.6 Å². The number of anilines is 3. The van der Waals surface area contributed by atoms with Crippen LogP contribution in [0, 0.1) is 0 Å². The second kappa shape index (κ2) is 11.9. The van der Waals surface area contributed by atoms with Crippen LogP contribution in [0.25, 0.3) is 10.8 Å². The lowest BCUT2D eigenvalue weighted by molar-refractivity contribution is -0.114. The van der Waals surface area contributed by atoms with Gasteiger partial charge in [0.1, 0.15) is 12.3 Å². The van der Waals surface area contributed by atoms with Crippen LogP contribution in [0.1, 0.15) is 0 Å². The molecular weight excluding hydrogens is 574 g/mol. The van der Waals surface area contributed by atoms with Crippen LogP contribution in [-0.2, 0) is 24.8 Å². The van der Waals surface area contributed by atoms with Gasteiger partial charge in [0.25, 0.3) is 20.0 Å². The highest BCUT2D eigenvalue weighted by Crippen LogP contribution is 2.27. The Labute approximate surface area is 244 Å². The highest BCUT2D eigenvalue weighted by Gasteiger charge is 2.27. The lowest BCUT2D eigenvalue weighted by Crippen LogP contribution is -2.38. The van der Waals surface area contributed by atoms with Crippen molar-refractivity contribution in [2.45, 2.75) is 9.79 Å². The van der Waals surface area contributed by atoms with Crippen LogP contribution in [-0.4, -0.2) is 36.4 Å². The van der Waals surface area contributed by atoms with Crippen molar-refractivity contribution >= 4 is 53.8 Å². The summed E-state index contributed by atoms with van der Waals surface area (Å²) in [5, 5.41) is 4.32. The van der Waals surface area contributed by atoms with Crippen molar-refractivity contribution in [3.63, 3.8) is 0 Å². The number of nitrogens with zero attached hydrogens (tertiary/aromatic N) is 1. The Morgan fingerprint density at radius 3 is 2.05 bits per heavy atom. The first-order chi connectivity index (χ1) is 20.2. The molecule has 0 aromatic heterocycles. The zero-order valence-corrected chi connectivity index (χ0v) is 24.1. The minimum absolute atomic E-state index is 0.0000482. The Bertz CT molecular complexity index is 1920. The molecule has 0 aliphatic rings. The van der Waals surface area contributed by atoms with Gasteiger partial charge in [0.2, 0.25) is 5.91 Å². The van der Waals surface area contributed by atoms with Crippen LogP contribution in [0.3, 0.4) is 0 Å². The number of methoxy groups -OCH3 is 1. The van der Waals surface area contributed by atoms with E-state index in [1.807, 2.05) is 30.3 Å². The fourth-order valence-electron chi connectivity index (χ4n) is 4.35. The number of fused-ring (bicyclic) bond motifs is 1. The van der Waals surface area contributed by atoms with Gasteiger partial charge in [0, 0.05) is 11.1 Å². The average molecular weight is 602 g/mol. The zero-order chi connectivity index (χ0) is 29.7. The van der Waals surface area contributed by atoms with Crippen LogP contribution in [0.4, 0.5) is 17.1 Å². The van der Waals surface area contributed by atoms with Crippen molar-refractivity contribution in [3.8, 4) is 5.75 Å². The fraction of sp³-hybridized carbons (Fsp3) is 0.0645. The lowest BCUT2D eigenvalue weighted by atomic mass is 10.1. The van der Waals surface area contributed by atoms with Gasteiger partial charge in [-0.2, -0.15) is 0 Å². The Kier molecular flexibility index (Phi) is 8.14. The topological polar surface area (TPSA) is 122 Å². The number of sulfonamides is 2. The third kappa shape index (κ3) is 6.22. The minimum Gasteiger partial charge on any atom is -0.497 e. The van der Waals surface area contributed by atoms with E-state index in [1.165, 1.54) is 43.5 Å². The molecule has 0 atom stereocenters. The number of hydrogen-bond acceptors (Lipinski definition) is 6. The number of ether oxygens (including phenoxy) is 1. The van der Waals surface area contributed by atoms with Crippen molar-refractivity contribution in [1.82, 2.24) is 0 Å². The molecule has 0 aliphatic carbocycles. The molecule has 1 amide bonds. The number of hydrogen-bond donors (Lipinski definition) is 2. The van der Waals surface area contributed by atoms with Crippen molar-refractivity contribution in [2.24, 2.45) is 0 Å². The van der Waals surface area contributed by atoms with E-state index in [0.29, 0.717) is 17.1 Å². The predicted octanol–water partition coefficient (Wildman–Crippen LogP) is 5.48. The quantitative estimate of drug-likeness (QED) is 0.219. The van der Waals surface area contributed by atoms with Crippen LogP contribution in [0.2, 0.25) is 0 Å². The molecule has 0 bridgehead atoms.